The standard InChI is InChI=1S/C11H17NO/c1-10-4-2-5-11(8-10)9-13-7-3-6-12/h2,4-5,8H,3,6-7,9,12H2,1H3. The SMILES string of the molecule is Cc1cccc(COCCCN)c1. The van der Waals surface area contributed by atoms with Crippen LogP contribution in [0.3, 0.4) is 0 Å². The van der Waals surface area contributed by atoms with E-state index in [1.807, 2.05) is 0 Å². The van der Waals surface area contributed by atoms with E-state index in [9.17, 15) is 0 Å². The van der Waals surface area contributed by atoms with Crippen molar-refractivity contribution in [2.45, 2.75) is 20.0 Å². The van der Waals surface area contributed by atoms with Gasteiger partial charge in [-0.15, -0.1) is 0 Å². The molecule has 0 fully saturated rings. The molecule has 0 aliphatic heterocycles. The maximum atomic E-state index is 5.44. The second kappa shape index (κ2) is 5.73. The number of benzene rings is 1. The van der Waals surface area contributed by atoms with Gasteiger partial charge in [-0.05, 0) is 25.5 Å². The molecule has 2 N–H and O–H groups in total. The number of hydrogen-bond acceptors (Lipinski definition) is 2. The monoisotopic (exact) mass is 179 g/mol. The lowest BCUT2D eigenvalue weighted by Crippen LogP contribution is -2.04. The third-order valence-electron chi connectivity index (χ3n) is 1.84. The van der Waals surface area contributed by atoms with Gasteiger partial charge in [-0.1, -0.05) is 29.8 Å². The summed E-state index contributed by atoms with van der Waals surface area (Å²) in [5.41, 5.74) is 7.86. The summed E-state index contributed by atoms with van der Waals surface area (Å²) < 4.78 is 5.44. The van der Waals surface area contributed by atoms with Crippen molar-refractivity contribution in [3.8, 4) is 0 Å². The fourth-order valence-corrected chi connectivity index (χ4v) is 1.18. The van der Waals surface area contributed by atoms with E-state index in [4.69, 9.17) is 10.5 Å². The number of aryl methyl sites for hydroxylation is 1. The zero-order chi connectivity index (χ0) is 9.52. The van der Waals surface area contributed by atoms with Crippen LogP contribution in [0.15, 0.2) is 24.3 Å². The summed E-state index contributed by atoms with van der Waals surface area (Å²) in [6.07, 6.45) is 0.936. The predicted octanol–water partition coefficient (Wildman–Crippen LogP) is 1.86. The Hall–Kier alpha value is -0.860. The molecule has 0 bridgehead atoms. The Labute approximate surface area is 79.7 Å². The summed E-state index contributed by atoms with van der Waals surface area (Å²) in [4.78, 5) is 0. The van der Waals surface area contributed by atoms with Crippen molar-refractivity contribution in [2.24, 2.45) is 5.73 Å². The molecule has 0 amide bonds. The number of ether oxygens (including phenoxy) is 1. The molecule has 1 aromatic carbocycles. The van der Waals surface area contributed by atoms with Gasteiger partial charge >= 0.3 is 0 Å². The van der Waals surface area contributed by atoms with Crippen LogP contribution in [-0.2, 0) is 11.3 Å². The van der Waals surface area contributed by atoms with Crippen molar-refractivity contribution in [1.29, 1.82) is 0 Å². The third kappa shape index (κ3) is 4.06. The molecule has 72 valence electrons. The molecule has 0 radical (unpaired) electrons. The largest absolute Gasteiger partial charge is 0.377 e. The molecular weight excluding hydrogens is 162 g/mol. The fraction of sp³-hybridized carbons (Fsp3) is 0.455. The topological polar surface area (TPSA) is 35.2 Å². The van der Waals surface area contributed by atoms with Gasteiger partial charge in [-0.25, -0.2) is 0 Å². The molecule has 0 spiro atoms. The van der Waals surface area contributed by atoms with E-state index in [0.29, 0.717) is 13.2 Å². The van der Waals surface area contributed by atoms with Gasteiger partial charge in [0.25, 0.3) is 0 Å². The highest BCUT2D eigenvalue weighted by molar-refractivity contribution is 5.21. The minimum Gasteiger partial charge on any atom is -0.377 e. The summed E-state index contributed by atoms with van der Waals surface area (Å²) in [6.45, 7) is 4.24. The predicted molar refractivity (Wildman–Crippen MR) is 54.5 cm³/mol. The normalized spacial score (nSPS) is 10.3. The molecular formula is C11H17NO. The molecule has 13 heavy (non-hydrogen) atoms. The fourth-order valence-electron chi connectivity index (χ4n) is 1.18. The van der Waals surface area contributed by atoms with E-state index in [-0.39, 0.29) is 0 Å². The Balaban J connectivity index is 2.28. The molecule has 2 nitrogen and oxygen atoms in total. The highest BCUT2D eigenvalue weighted by Crippen LogP contribution is 2.05. The van der Waals surface area contributed by atoms with Crippen LogP contribution >= 0.6 is 0 Å². The average Bonchev–Trinajstić information content (AvgIpc) is 2.13. The first kappa shape index (κ1) is 10.2. The Morgan fingerprint density at radius 2 is 2.23 bits per heavy atom. The molecule has 0 aliphatic carbocycles. The van der Waals surface area contributed by atoms with Crippen LogP contribution < -0.4 is 5.73 Å². The average molecular weight is 179 g/mol. The second-order valence-corrected chi connectivity index (χ2v) is 3.18. The number of rotatable bonds is 5. The van der Waals surface area contributed by atoms with Crippen LogP contribution in [0.5, 0.6) is 0 Å². The van der Waals surface area contributed by atoms with Crippen LogP contribution in [0.25, 0.3) is 0 Å². The maximum absolute atomic E-state index is 5.44. The molecule has 0 aliphatic rings. The Kier molecular flexibility index (Phi) is 4.50. The quantitative estimate of drug-likeness (QED) is 0.700. The van der Waals surface area contributed by atoms with Crippen molar-refractivity contribution in [3.05, 3.63) is 35.4 Å². The Morgan fingerprint density at radius 3 is 2.92 bits per heavy atom. The van der Waals surface area contributed by atoms with Crippen molar-refractivity contribution in [1.82, 2.24) is 0 Å². The van der Waals surface area contributed by atoms with Crippen molar-refractivity contribution >= 4 is 0 Å². The first-order valence-electron chi connectivity index (χ1n) is 4.66. The van der Waals surface area contributed by atoms with Gasteiger partial charge in [-0.2, -0.15) is 0 Å². The van der Waals surface area contributed by atoms with Crippen LogP contribution in [0.4, 0.5) is 0 Å². The first-order chi connectivity index (χ1) is 6.33. The Morgan fingerprint density at radius 1 is 1.38 bits per heavy atom. The minimum absolute atomic E-state index is 0.696. The van der Waals surface area contributed by atoms with E-state index in [0.717, 1.165) is 13.0 Å². The molecule has 0 saturated heterocycles. The van der Waals surface area contributed by atoms with Gasteiger partial charge in [0.05, 0.1) is 6.61 Å². The van der Waals surface area contributed by atoms with Gasteiger partial charge in [0.15, 0.2) is 0 Å². The van der Waals surface area contributed by atoms with Gasteiger partial charge in [0, 0.05) is 6.61 Å². The van der Waals surface area contributed by atoms with Gasteiger partial charge in [-0.3, -0.25) is 0 Å². The summed E-state index contributed by atoms with van der Waals surface area (Å²) in [5, 5.41) is 0. The summed E-state index contributed by atoms with van der Waals surface area (Å²) in [6, 6.07) is 8.36. The van der Waals surface area contributed by atoms with Crippen LogP contribution in [0, 0.1) is 6.92 Å². The van der Waals surface area contributed by atoms with Crippen LogP contribution in [0.2, 0.25) is 0 Å². The van der Waals surface area contributed by atoms with E-state index in [1.54, 1.807) is 0 Å². The molecule has 0 aromatic heterocycles. The lowest BCUT2D eigenvalue weighted by Gasteiger charge is -2.03. The molecule has 1 aromatic rings. The molecule has 0 saturated carbocycles. The lowest BCUT2D eigenvalue weighted by atomic mass is 10.1. The van der Waals surface area contributed by atoms with E-state index >= 15 is 0 Å². The molecule has 0 atom stereocenters. The van der Waals surface area contributed by atoms with Crippen LogP contribution in [-0.4, -0.2) is 13.2 Å². The minimum atomic E-state index is 0.696. The van der Waals surface area contributed by atoms with Crippen molar-refractivity contribution < 1.29 is 4.74 Å². The zero-order valence-electron chi connectivity index (χ0n) is 8.12. The zero-order valence-corrected chi connectivity index (χ0v) is 8.12. The van der Waals surface area contributed by atoms with Crippen LogP contribution in [0.1, 0.15) is 17.5 Å². The number of nitrogens with two attached hydrogens (primary N) is 1. The smallest absolute Gasteiger partial charge is 0.0716 e. The van der Waals surface area contributed by atoms with E-state index in [1.165, 1.54) is 11.1 Å². The molecule has 0 unspecified atom stereocenters. The van der Waals surface area contributed by atoms with Gasteiger partial charge in [0.1, 0.15) is 0 Å². The van der Waals surface area contributed by atoms with E-state index < -0.39 is 0 Å². The summed E-state index contributed by atoms with van der Waals surface area (Å²) in [5.74, 6) is 0. The molecule has 1 rings (SSSR count). The maximum Gasteiger partial charge on any atom is 0.0716 e. The van der Waals surface area contributed by atoms with Crippen molar-refractivity contribution in [3.63, 3.8) is 0 Å². The lowest BCUT2D eigenvalue weighted by molar-refractivity contribution is 0.120. The summed E-state index contributed by atoms with van der Waals surface area (Å²) >= 11 is 0. The highest BCUT2D eigenvalue weighted by Gasteiger charge is 1.92. The van der Waals surface area contributed by atoms with E-state index in [2.05, 4.69) is 31.2 Å². The highest BCUT2D eigenvalue weighted by atomic mass is 16.5. The number of hydrogen-bond donors (Lipinski definition) is 1. The summed E-state index contributed by atoms with van der Waals surface area (Å²) in [7, 11) is 0. The van der Waals surface area contributed by atoms with Crippen molar-refractivity contribution in [2.75, 3.05) is 13.2 Å². The van der Waals surface area contributed by atoms with Gasteiger partial charge in [0.2, 0.25) is 0 Å². The Bertz CT molecular complexity index is 248. The van der Waals surface area contributed by atoms with Gasteiger partial charge < -0.3 is 10.5 Å². The second-order valence-electron chi connectivity index (χ2n) is 3.18. The first-order valence-corrected chi connectivity index (χ1v) is 4.66. The molecule has 2 heteroatoms. The molecule has 0 heterocycles. The third-order valence-corrected chi connectivity index (χ3v) is 1.84.